The minimum atomic E-state index is -0.801. The van der Waals surface area contributed by atoms with Gasteiger partial charge in [0.1, 0.15) is 11.9 Å². The number of nitrogens with one attached hydrogen (secondary N) is 1. The van der Waals surface area contributed by atoms with E-state index < -0.39 is 6.10 Å². The molecule has 0 aliphatic rings. The zero-order valence-electron chi connectivity index (χ0n) is 13.1. The number of methoxy groups -OCH3 is 1. The fourth-order valence-corrected chi connectivity index (χ4v) is 2.48. The van der Waals surface area contributed by atoms with Crippen LogP contribution in [-0.2, 0) is 0 Å². The van der Waals surface area contributed by atoms with Crippen LogP contribution in [0.4, 0.5) is 5.69 Å². The van der Waals surface area contributed by atoms with Crippen molar-refractivity contribution in [2.24, 2.45) is 5.92 Å². The summed E-state index contributed by atoms with van der Waals surface area (Å²) in [5.41, 5.74) is 2.36. The Labute approximate surface area is 136 Å². The molecule has 0 aliphatic heterocycles. The van der Waals surface area contributed by atoms with Crippen molar-refractivity contribution in [3.63, 3.8) is 0 Å². The Bertz CT molecular complexity index is 628. The molecule has 0 saturated heterocycles. The van der Waals surface area contributed by atoms with Crippen molar-refractivity contribution in [2.75, 3.05) is 19.0 Å². The number of hydrogen-bond donors (Lipinski definition) is 2. The molecule has 22 heavy (non-hydrogen) atoms. The van der Waals surface area contributed by atoms with Gasteiger partial charge in [-0.2, -0.15) is 0 Å². The molecule has 4 heteroatoms. The molecular weight excluding hydrogens is 298 g/mol. The van der Waals surface area contributed by atoms with Crippen molar-refractivity contribution >= 4 is 17.3 Å². The van der Waals surface area contributed by atoms with Gasteiger partial charge in [-0.1, -0.05) is 43.6 Å². The summed E-state index contributed by atoms with van der Waals surface area (Å²) in [5.74, 6) is 1.16. The van der Waals surface area contributed by atoms with Gasteiger partial charge in [0.25, 0.3) is 0 Å². The van der Waals surface area contributed by atoms with Crippen LogP contribution in [-0.4, -0.2) is 18.8 Å². The SMILES string of the molecule is COc1ccccc1C(O)c1cc(Cl)ccc1NCC(C)C. The van der Waals surface area contributed by atoms with Gasteiger partial charge in [0.05, 0.1) is 7.11 Å². The Morgan fingerprint density at radius 2 is 1.86 bits per heavy atom. The lowest BCUT2D eigenvalue weighted by Gasteiger charge is -2.20. The van der Waals surface area contributed by atoms with Gasteiger partial charge in [-0.25, -0.2) is 0 Å². The molecular formula is C18H22ClNO2. The van der Waals surface area contributed by atoms with Gasteiger partial charge in [-0.05, 0) is 30.2 Å². The van der Waals surface area contributed by atoms with E-state index in [4.69, 9.17) is 16.3 Å². The first kappa shape index (κ1) is 16.7. The number of anilines is 1. The van der Waals surface area contributed by atoms with Crippen molar-refractivity contribution in [1.82, 2.24) is 0 Å². The molecule has 0 aliphatic carbocycles. The summed E-state index contributed by atoms with van der Waals surface area (Å²) in [5, 5.41) is 14.8. The van der Waals surface area contributed by atoms with E-state index in [2.05, 4.69) is 19.2 Å². The van der Waals surface area contributed by atoms with E-state index in [-0.39, 0.29) is 0 Å². The van der Waals surface area contributed by atoms with Crippen LogP contribution in [0.15, 0.2) is 42.5 Å². The summed E-state index contributed by atoms with van der Waals surface area (Å²) in [6.45, 7) is 5.10. The number of rotatable bonds is 6. The highest BCUT2D eigenvalue weighted by Crippen LogP contribution is 2.35. The maximum Gasteiger partial charge on any atom is 0.125 e. The molecule has 1 unspecified atom stereocenters. The quantitative estimate of drug-likeness (QED) is 0.823. The van der Waals surface area contributed by atoms with Gasteiger partial charge in [-0.3, -0.25) is 0 Å². The molecule has 2 N–H and O–H groups in total. The van der Waals surface area contributed by atoms with E-state index in [1.54, 1.807) is 13.2 Å². The third-order valence-corrected chi connectivity index (χ3v) is 3.68. The molecule has 118 valence electrons. The minimum Gasteiger partial charge on any atom is -0.496 e. The molecule has 0 aromatic heterocycles. The molecule has 2 aromatic rings. The average Bonchev–Trinajstić information content (AvgIpc) is 2.52. The van der Waals surface area contributed by atoms with Crippen LogP contribution >= 0.6 is 11.6 Å². The fourth-order valence-electron chi connectivity index (χ4n) is 2.29. The Balaban J connectivity index is 2.39. The van der Waals surface area contributed by atoms with Crippen molar-refractivity contribution < 1.29 is 9.84 Å². The second-order valence-corrected chi connectivity index (χ2v) is 6.09. The number of aliphatic hydroxyl groups is 1. The van der Waals surface area contributed by atoms with Crippen molar-refractivity contribution in [3.8, 4) is 5.75 Å². The summed E-state index contributed by atoms with van der Waals surface area (Å²) in [6.07, 6.45) is -0.801. The van der Waals surface area contributed by atoms with Crippen molar-refractivity contribution in [1.29, 1.82) is 0 Å². The van der Waals surface area contributed by atoms with Crippen molar-refractivity contribution in [2.45, 2.75) is 20.0 Å². The summed E-state index contributed by atoms with van der Waals surface area (Å²) in [7, 11) is 1.60. The first-order chi connectivity index (χ1) is 10.5. The first-order valence-electron chi connectivity index (χ1n) is 7.37. The minimum absolute atomic E-state index is 0.506. The normalized spacial score (nSPS) is 12.3. The molecule has 0 bridgehead atoms. The van der Waals surface area contributed by atoms with Crippen LogP contribution in [0.3, 0.4) is 0 Å². The molecule has 0 radical (unpaired) electrons. The second-order valence-electron chi connectivity index (χ2n) is 5.65. The van der Waals surface area contributed by atoms with Gasteiger partial charge >= 0.3 is 0 Å². The number of benzene rings is 2. The second kappa shape index (κ2) is 7.52. The molecule has 0 saturated carbocycles. The predicted molar refractivity (Wildman–Crippen MR) is 91.8 cm³/mol. The molecule has 0 heterocycles. The Morgan fingerprint density at radius 1 is 1.14 bits per heavy atom. The largest absolute Gasteiger partial charge is 0.496 e. The Hall–Kier alpha value is -1.71. The van der Waals surface area contributed by atoms with Gasteiger partial charge < -0.3 is 15.2 Å². The van der Waals surface area contributed by atoms with Gasteiger partial charge in [-0.15, -0.1) is 0 Å². The molecule has 0 fully saturated rings. The summed E-state index contributed by atoms with van der Waals surface area (Å²) < 4.78 is 5.34. The third kappa shape index (κ3) is 3.93. The number of aliphatic hydroxyl groups excluding tert-OH is 1. The third-order valence-electron chi connectivity index (χ3n) is 3.44. The highest BCUT2D eigenvalue weighted by atomic mass is 35.5. The van der Waals surface area contributed by atoms with Crippen molar-refractivity contribution in [3.05, 3.63) is 58.6 Å². The molecule has 2 rings (SSSR count). The lowest BCUT2D eigenvalue weighted by Crippen LogP contribution is -2.12. The predicted octanol–water partition coefficient (Wildman–Crippen LogP) is 4.50. The standard InChI is InChI=1S/C18H22ClNO2/c1-12(2)11-20-16-9-8-13(19)10-15(16)18(21)14-6-4-5-7-17(14)22-3/h4-10,12,18,20-21H,11H2,1-3H3. The van der Waals surface area contributed by atoms with Crippen LogP contribution < -0.4 is 10.1 Å². The van der Waals surface area contributed by atoms with Gasteiger partial charge in [0.15, 0.2) is 0 Å². The zero-order valence-corrected chi connectivity index (χ0v) is 13.9. The van der Waals surface area contributed by atoms with Crippen LogP contribution in [0.5, 0.6) is 5.75 Å². The van der Waals surface area contributed by atoms with E-state index in [0.29, 0.717) is 16.7 Å². The van der Waals surface area contributed by atoms with Gasteiger partial charge in [0, 0.05) is 28.4 Å². The number of ether oxygens (including phenoxy) is 1. The Morgan fingerprint density at radius 3 is 2.55 bits per heavy atom. The smallest absolute Gasteiger partial charge is 0.125 e. The molecule has 0 spiro atoms. The number of para-hydroxylation sites is 1. The highest BCUT2D eigenvalue weighted by molar-refractivity contribution is 6.30. The summed E-state index contributed by atoms with van der Waals surface area (Å²) in [6, 6.07) is 13.0. The molecule has 2 aromatic carbocycles. The topological polar surface area (TPSA) is 41.5 Å². The maximum absolute atomic E-state index is 10.8. The molecule has 0 amide bonds. The fraction of sp³-hybridized carbons (Fsp3) is 0.333. The summed E-state index contributed by atoms with van der Waals surface area (Å²) in [4.78, 5) is 0. The van der Waals surface area contributed by atoms with Gasteiger partial charge in [0.2, 0.25) is 0 Å². The lowest BCUT2D eigenvalue weighted by molar-refractivity contribution is 0.215. The van der Waals surface area contributed by atoms with Crippen LogP contribution in [0, 0.1) is 5.92 Å². The average molecular weight is 320 g/mol. The maximum atomic E-state index is 10.8. The van der Waals surface area contributed by atoms with Crippen LogP contribution in [0.1, 0.15) is 31.1 Å². The van der Waals surface area contributed by atoms with E-state index in [0.717, 1.165) is 23.4 Å². The number of halogens is 1. The molecule has 1 atom stereocenters. The highest BCUT2D eigenvalue weighted by Gasteiger charge is 2.18. The van der Waals surface area contributed by atoms with Crippen LogP contribution in [0.25, 0.3) is 0 Å². The van der Waals surface area contributed by atoms with E-state index in [9.17, 15) is 5.11 Å². The van der Waals surface area contributed by atoms with Crippen LogP contribution in [0.2, 0.25) is 5.02 Å². The molecule has 3 nitrogen and oxygen atoms in total. The monoisotopic (exact) mass is 319 g/mol. The Kier molecular flexibility index (Phi) is 5.69. The first-order valence-corrected chi connectivity index (χ1v) is 7.75. The zero-order chi connectivity index (χ0) is 16.1. The van der Waals surface area contributed by atoms with E-state index in [1.165, 1.54) is 0 Å². The lowest BCUT2D eigenvalue weighted by atomic mass is 9.98. The van der Waals surface area contributed by atoms with E-state index in [1.807, 2.05) is 36.4 Å². The number of hydrogen-bond acceptors (Lipinski definition) is 3. The summed E-state index contributed by atoms with van der Waals surface area (Å²) >= 11 is 6.11. The van der Waals surface area contributed by atoms with E-state index >= 15 is 0 Å².